The van der Waals surface area contributed by atoms with Crippen molar-refractivity contribution in [3.63, 3.8) is 0 Å². The van der Waals surface area contributed by atoms with Gasteiger partial charge in [-0.25, -0.2) is 4.98 Å². The first-order chi connectivity index (χ1) is 28.2. The lowest BCUT2D eigenvalue weighted by Crippen LogP contribution is -2.28. The van der Waals surface area contributed by atoms with Crippen molar-refractivity contribution in [2.75, 3.05) is 16.5 Å². The van der Waals surface area contributed by atoms with Crippen LogP contribution in [0.5, 0.6) is 11.5 Å². The molecule has 0 unspecified atom stereocenters. The third-order valence-electron chi connectivity index (χ3n) is 12.7. The summed E-state index contributed by atoms with van der Waals surface area (Å²) in [5, 5.41) is 2.35. The number of aromatic nitrogens is 2. The maximum absolute atomic E-state index is 6.94. The van der Waals surface area contributed by atoms with Gasteiger partial charge in [-0.1, -0.05) is 131 Å². The molecule has 3 heterocycles. The molecule has 0 amide bonds. The van der Waals surface area contributed by atoms with Crippen LogP contribution in [0.1, 0.15) is 118 Å². The smallest absolute Gasteiger partial charge is 0.137 e. The van der Waals surface area contributed by atoms with Crippen molar-refractivity contribution < 1.29 is 4.74 Å². The average molecular weight is 795 g/mol. The molecule has 0 radical (unpaired) electrons. The number of ether oxygens (including phenoxy) is 1. The molecule has 5 heteroatoms. The van der Waals surface area contributed by atoms with Crippen LogP contribution < -0.4 is 14.5 Å². The Morgan fingerprint density at radius 2 is 1.02 bits per heavy atom. The van der Waals surface area contributed by atoms with E-state index in [1.165, 1.54) is 50.3 Å². The predicted molar refractivity (Wildman–Crippen MR) is 254 cm³/mol. The van der Waals surface area contributed by atoms with Crippen molar-refractivity contribution >= 4 is 33.2 Å². The summed E-state index contributed by atoms with van der Waals surface area (Å²) in [7, 11) is 0. The first-order valence-corrected chi connectivity index (χ1v) is 21.5. The lowest BCUT2D eigenvalue weighted by molar-refractivity contribution is 0.479. The molecular weight excluding hydrogens is 733 g/mol. The van der Waals surface area contributed by atoms with Crippen LogP contribution in [0.15, 0.2) is 139 Å². The fraction of sp³-hybridized carbons (Fsp3) is 0.327. The second-order valence-corrected chi connectivity index (χ2v) is 20.4. The second kappa shape index (κ2) is 14.7. The van der Waals surface area contributed by atoms with E-state index in [1.54, 1.807) is 0 Å². The molecule has 0 spiro atoms. The van der Waals surface area contributed by atoms with Crippen LogP contribution in [0, 0.1) is 0 Å². The number of para-hydroxylation sites is 1. The summed E-state index contributed by atoms with van der Waals surface area (Å²) in [5.41, 5.74) is 13.2. The van der Waals surface area contributed by atoms with Gasteiger partial charge in [0.15, 0.2) is 0 Å². The van der Waals surface area contributed by atoms with Gasteiger partial charge in [0.1, 0.15) is 17.3 Å². The van der Waals surface area contributed by atoms with Gasteiger partial charge in [0.25, 0.3) is 0 Å². The molecule has 0 saturated heterocycles. The van der Waals surface area contributed by atoms with Crippen LogP contribution in [0.25, 0.3) is 27.6 Å². The summed E-state index contributed by atoms with van der Waals surface area (Å²) in [6, 6.07) is 44.1. The maximum atomic E-state index is 6.94. The van der Waals surface area contributed by atoms with Crippen molar-refractivity contribution in [3.8, 4) is 17.3 Å². The van der Waals surface area contributed by atoms with Gasteiger partial charge in [0.05, 0.1) is 17.7 Å². The molecule has 0 aliphatic carbocycles. The quantitative estimate of drug-likeness (QED) is 0.161. The highest BCUT2D eigenvalue weighted by Gasteiger charge is 2.30. The first kappa shape index (κ1) is 40.9. The number of fused-ring (bicyclic) bond motifs is 3. The lowest BCUT2D eigenvalue weighted by atomic mass is 9.78. The second-order valence-electron chi connectivity index (χ2n) is 20.4. The normalized spacial score (nSPS) is 14.2. The SMILES string of the molecule is CC1=C(C)N(c2cc(C(C)(C)C)cc(C(C)(C)C)c2)CN1c1cc(Oc2ccc3c4ccccc4n(-c4cc(C(C)(C)c5ccccc5)ccn4)c3c2)cc(C(C)(C)C)c1. The van der Waals surface area contributed by atoms with Gasteiger partial charge in [0.2, 0.25) is 0 Å². The van der Waals surface area contributed by atoms with Gasteiger partial charge < -0.3 is 14.5 Å². The van der Waals surface area contributed by atoms with Crippen LogP contribution in [0.2, 0.25) is 0 Å². The molecule has 7 aromatic rings. The molecule has 1 aliphatic heterocycles. The number of anilines is 2. The predicted octanol–water partition coefficient (Wildman–Crippen LogP) is 14.7. The Bertz CT molecular complexity index is 2730. The molecule has 2 aromatic heterocycles. The Morgan fingerprint density at radius 1 is 0.467 bits per heavy atom. The first-order valence-electron chi connectivity index (χ1n) is 21.5. The van der Waals surface area contributed by atoms with Crippen LogP contribution in [0.3, 0.4) is 0 Å². The van der Waals surface area contributed by atoms with Crippen molar-refractivity contribution in [3.05, 3.63) is 167 Å². The van der Waals surface area contributed by atoms with E-state index < -0.39 is 0 Å². The molecule has 0 atom stereocenters. The number of benzene rings is 5. The van der Waals surface area contributed by atoms with Crippen LogP contribution in [-0.4, -0.2) is 16.2 Å². The largest absolute Gasteiger partial charge is 0.457 e. The fourth-order valence-corrected chi connectivity index (χ4v) is 8.51. The molecule has 308 valence electrons. The minimum absolute atomic E-state index is 0.0343. The molecule has 0 bridgehead atoms. The summed E-state index contributed by atoms with van der Waals surface area (Å²) >= 11 is 0. The Morgan fingerprint density at radius 3 is 1.63 bits per heavy atom. The molecule has 8 rings (SSSR count). The number of pyridine rings is 1. The van der Waals surface area contributed by atoms with Crippen LogP contribution >= 0.6 is 0 Å². The number of nitrogens with zero attached hydrogens (tertiary/aromatic N) is 4. The fourth-order valence-electron chi connectivity index (χ4n) is 8.51. The summed E-state index contributed by atoms with van der Waals surface area (Å²) in [5.74, 6) is 2.48. The highest BCUT2D eigenvalue weighted by Crippen LogP contribution is 2.42. The topological polar surface area (TPSA) is 33.5 Å². The van der Waals surface area contributed by atoms with Gasteiger partial charge in [-0.3, -0.25) is 4.57 Å². The number of hydrogen-bond acceptors (Lipinski definition) is 4. The summed E-state index contributed by atoms with van der Waals surface area (Å²) in [6.07, 6.45) is 1.94. The average Bonchev–Trinajstić information content (AvgIpc) is 3.69. The Balaban J connectivity index is 1.18. The molecule has 1 aliphatic rings. The van der Waals surface area contributed by atoms with E-state index in [0.717, 1.165) is 46.1 Å². The van der Waals surface area contributed by atoms with E-state index in [0.29, 0.717) is 0 Å². The van der Waals surface area contributed by atoms with E-state index in [2.05, 4.69) is 226 Å². The zero-order valence-corrected chi connectivity index (χ0v) is 38.0. The molecule has 0 N–H and O–H groups in total. The molecule has 5 nitrogen and oxygen atoms in total. The van der Waals surface area contributed by atoms with Gasteiger partial charge in [-0.2, -0.15) is 0 Å². The number of allylic oxidation sites excluding steroid dienone is 2. The third kappa shape index (κ3) is 7.59. The standard InChI is InChI=1S/C55H62N4O/c1-36-37(2)58(35-57(36)43-28-40(52(3,4)5)27-41(29-43)53(6,7)8)44-30-42(54(9,10)11)31-46(33-44)60-45-23-24-48-47-21-17-18-22-49(47)59(50(48)34-45)51-32-39(25-26-56-51)55(12,13)38-19-15-14-16-20-38/h14-34H,35H2,1-13H3. The van der Waals surface area contributed by atoms with Crippen LogP contribution in [0.4, 0.5) is 11.4 Å². The summed E-state index contributed by atoms with van der Waals surface area (Å²) in [4.78, 5) is 9.89. The maximum Gasteiger partial charge on any atom is 0.137 e. The minimum atomic E-state index is -0.202. The molecule has 5 aromatic carbocycles. The monoisotopic (exact) mass is 794 g/mol. The van der Waals surface area contributed by atoms with Crippen molar-refractivity contribution in [1.82, 2.24) is 9.55 Å². The van der Waals surface area contributed by atoms with Crippen LogP contribution in [-0.2, 0) is 21.7 Å². The molecule has 60 heavy (non-hydrogen) atoms. The molecule has 0 fully saturated rings. The number of rotatable bonds is 7. The van der Waals surface area contributed by atoms with E-state index in [-0.39, 0.29) is 21.7 Å². The van der Waals surface area contributed by atoms with Gasteiger partial charge in [-0.05, 0) is 113 Å². The van der Waals surface area contributed by atoms with Gasteiger partial charge in [0, 0.05) is 57.3 Å². The van der Waals surface area contributed by atoms with Gasteiger partial charge >= 0.3 is 0 Å². The third-order valence-corrected chi connectivity index (χ3v) is 12.7. The summed E-state index contributed by atoms with van der Waals surface area (Å²) < 4.78 is 9.22. The zero-order chi connectivity index (χ0) is 42.9. The molecular formula is C55H62N4O. The summed E-state index contributed by atoms with van der Waals surface area (Å²) in [6.45, 7) is 30.5. The lowest BCUT2D eigenvalue weighted by Gasteiger charge is -2.30. The van der Waals surface area contributed by atoms with E-state index in [9.17, 15) is 0 Å². The van der Waals surface area contributed by atoms with Crippen molar-refractivity contribution in [2.45, 2.75) is 112 Å². The van der Waals surface area contributed by atoms with E-state index in [4.69, 9.17) is 9.72 Å². The minimum Gasteiger partial charge on any atom is -0.457 e. The zero-order valence-electron chi connectivity index (χ0n) is 38.0. The Hall–Kier alpha value is -5.81. The highest BCUT2D eigenvalue weighted by molar-refractivity contribution is 6.09. The number of hydrogen-bond donors (Lipinski definition) is 0. The van der Waals surface area contributed by atoms with Crippen molar-refractivity contribution in [1.29, 1.82) is 0 Å². The van der Waals surface area contributed by atoms with E-state index >= 15 is 0 Å². The van der Waals surface area contributed by atoms with Crippen molar-refractivity contribution in [2.24, 2.45) is 0 Å². The van der Waals surface area contributed by atoms with E-state index in [1.807, 2.05) is 6.20 Å². The Kier molecular flexibility index (Phi) is 10.0. The molecule has 0 saturated carbocycles. The highest BCUT2D eigenvalue weighted by atomic mass is 16.5. The Labute approximate surface area is 358 Å². The van der Waals surface area contributed by atoms with Gasteiger partial charge in [-0.15, -0.1) is 0 Å².